The minimum Gasteiger partial charge on any atom is -0.356 e. The first kappa shape index (κ1) is 19.0. The number of thiocarbonyl (C=S) groups is 1. The summed E-state index contributed by atoms with van der Waals surface area (Å²) in [7, 11) is 0. The first-order chi connectivity index (χ1) is 13.1. The van der Waals surface area contributed by atoms with Gasteiger partial charge in [-0.25, -0.2) is 0 Å². The van der Waals surface area contributed by atoms with E-state index in [0.29, 0.717) is 23.6 Å². The molecule has 27 heavy (non-hydrogen) atoms. The van der Waals surface area contributed by atoms with Crippen molar-refractivity contribution in [1.29, 1.82) is 0 Å². The van der Waals surface area contributed by atoms with E-state index in [1.54, 1.807) is 6.07 Å². The number of aromatic nitrogens is 1. The van der Waals surface area contributed by atoms with Gasteiger partial charge in [0.2, 0.25) is 5.91 Å². The molecule has 3 heterocycles. The highest BCUT2D eigenvalue weighted by molar-refractivity contribution is 8.23. The van der Waals surface area contributed by atoms with Gasteiger partial charge in [0.25, 0.3) is 5.56 Å². The van der Waals surface area contributed by atoms with Gasteiger partial charge in [0, 0.05) is 43.4 Å². The van der Waals surface area contributed by atoms with Crippen LogP contribution in [0.15, 0.2) is 23.0 Å². The highest BCUT2D eigenvalue weighted by Gasteiger charge is 2.35. The van der Waals surface area contributed by atoms with E-state index in [4.69, 9.17) is 12.2 Å². The molecule has 1 saturated carbocycles. The van der Waals surface area contributed by atoms with Crippen LogP contribution < -0.4 is 10.9 Å². The van der Waals surface area contributed by atoms with E-state index in [9.17, 15) is 9.59 Å². The molecule has 5 nitrogen and oxygen atoms in total. The molecule has 0 unspecified atom stereocenters. The van der Waals surface area contributed by atoms with E-state index in [-0.39, 0.29) is 11.5 Å². The SMILES string of the molecule is O=C(CSC(=S)N1C[C@@H]2C[C@@H](C1)c1cccc(=O)n1C2)NC1CCCCC1. The summed E-state index contributed by atoms with van der Waals surface area (Å²) in [5, 5.41) is 3.16. The molecule has 1 aromatic heterocycles. The van der Waals surface area contributed by atoms with Crippen molar-refractivity contribution in [2.24, 2.45) is 5.92 Å². The van der Waals surface area contributed by atoms with E-state index in [2.05, 4.69) is 16.3 Å². The van der Waals surface area contributed by atoms with Gasteiger partial charge >= 0.3 is 0 Å². The summed E-state index contributed by atoms with van der Waals surface area (Å²) >= 11 is 7.12. The van der Waals surface area contributed by atoms with Crippen molar-refractivity contribution in [2.45, 2.75) is 57.0 Å². The largest absolute Gasteiger partial charge is 0.356 e. The zero-order valence-electron chi connectivity index (χ0n) is 15.6. The molecule has 1 saturated heterocycles. The Morgan fingerprint density at radius 1 is 1.19 bits per heavy atom. The van der Waals surface area contributed by atoms with Crippen molar-refractivity contribution in [1.82, 2.24) is 14.8 Å². The maximum Gasteiger partial charge on any atom is 0.250 e. The number of rotatable bonds is 3. The van der Waals surface area contributed by atoms with Crippen LogP contribution in [0.3, 0.4) is 0 Å². The first-order valence-corrected chi connectivity index (χ1v) is 11.4. The number of fused-ring (bicyclic) bond motifs is 4. The van der Waals surface area contributed by atoms with Crippen molar-refractivity contribution in [3.8, 4) is 0 Å². The Bertz CT molecular complexity index is 773. The number of nitrogens with one attached hydrogen (secondary N) is 1. The van der Waals surface area contributed by atoms with Gasteiger partial charge in [-0.15, -0.1) is 0 Å². The number of piperidine rings is 1. The summed E-state index contributed by atoms with van der Waals surface area (Å²) in [6.07, 6.45) is 7.06. The Labute approximate surface area is 169 Å². The molecule has 1 amide bonds. The molecule has 1 aromatic rings. The van der Waals surface area contributed by atoms with Gasteiger partial charge in [0.1, 0.15) is 4.32 Å². The highest BCUT2D eigenvalue weighted by atomic mass is 32.2. The molecule has 146 valence electrons. The van der Waals surface area contributed by atoms with Crippen molar-refractivity contribution in [3.05, 3.63) is 34.2 Å². The molecule has 3 aliphatic rings. The molecule has 7 heteroatoms. The fourth-order valence-electron chi connectivity index (χ4n) is 4.78. The number of nitrogens with zero attached hydrogens (tertiary/aromatic N) is 2. The lowest BCUT2D eigenvalue weighted by Crippen LogP contribution is -2.48. The summed E-state index contributed by atoms with van der Waals surface area (Å²) < 4.78 is 2.75. The summed E-state index contributed by atoms with van der Waals surface area (Å²) in [5.74, 6) is 1.30. The zero-order valence-corrected chi connectivity index (χ0v) is 17.2. The Balaban J connectivity index is 1.31. The predicted octanol–water partition coefficient (Wildman–Crippen LogP) is 2.73. The second-order valence-corrected chi connectivity index (χ2v) is 9.67. The molecule has 0 radical (unpaired) electrons. The van der Waals surface area contributed by atoms with Crippen LogP contribution in [0.1, 0.15) is 50.1 Å². The lowest BCUT2D eigenvalue weighted by molar-refractivity contribution is -0.119. The molecule has 1 N–H and O–H groups in total. The van der Waals surface area contributed by atoms with Gasteiger partial charge in [0.05, 0.1) is 5.75 Å². The second-order valence-electron chi connectivity index (χ2n) is 8.06. The summed E-state index contributed by atoms with van der Waals surface area (Å²) in [4.78, 5) is 26.6. The molecular weight excluding hydrogens is 378 g/mol. The molecule has 0 aromatic carbocycles. The van der Waals surface area contributed by atoms with E-state index in [0.717, 1.165) is 48.9 Å². The summed E-state index contributed by atoms with van der Waals surface area (Å²) in [6.45, 7) is 2.50. The van der Waals surface area contributed by atoms with Crippen LogP contribution in [0.25, 0.3) is 0 Å². The lowest BCUT2D eigenvalue weighted by Gasteiger charge is -2.43. The Morgan fingerprint density at radius 2 is 2.00 bits per heavy atom. The Morgan fingerprint density at radius 3 is 2.81 bits per heavy atom. The Hall–Kier alpha value is -1.34. The van der Waals surface area contributed by atoms with Crippen LogP contribution in [0.5, 0.6) is 0 Å². The second kappa shape index (κ2) is 8.35. The fourth-order valence-corrected chi connectivity index (χ4v) is 5.78. The third kappa shape index (κ3) is 4.40. The number of likely N-dealkylation sites (tertiary alicyclic amines) is 1. The average Bonchev–Trinajstić information content (AvgIpc) is 2.67. The van der Waals surface area contributed by atoms with Gasteiger partial charge in [-0.05, 0) is 31.2 Å². The molecular formula is C20H27N3O2S2. The molecule has 2 atom stereocenters. The minimum absolute atomic E-state index is 0.100. The monoisotopic (exact) mass is 405 g/mol. The summed E-state index contributed by atoms with van der Waals surface area (Å²) in [5.41, 5.74) is 1.23. The minimum atomic E-state index is 0.100. The molecule has 2 fully saturated rings. The highest BCUT2D eigenvalue weighted by Crippen LogP contribution is 2.36. The van der Waals surface area contributed by atoms with Crippen LogP contribution >= 0.6 is 24.0 Å². The number of hydrogen-bond donors (Lipinski definition) is 1. The van der Waals surface area contributed by atoms with Gasteiger partial charge < -0.3 is 14.8 Å². The molecule has 2 bridgehead atoms. The molecule has 1 aliphatic carbocycles. The quantitative estimate of drug-likeness (QED) is 0.784. The summed E-state index contributed by atoms with van der Waals surface area (Å²) in [6, 6.07) is 5.92. The van der Waals surface area contributed by atoms with E-state index < -0.39 is 0 Å². The van der Waals surface area contributed by atoms with Gasteiger partial charge in [-0.2, -0.15) is 0 Å². The maximum atomic E-state index is 12.2. The van der Waals surface area contributed by atoms with Gasteiger partial charge in [0.15, 0.2) is 0 Å². The van der Waals surface area contributed by atoms with Gasteiger partial charge in [-0.1, -0.05) is 49.3 Å². The maximum absolute atomic E-state index is 12.2. The molecule has 0 spiro atoms. The van der Waals surface area contributed by atoms with Crippen molar-refractivity contribution >= 4 is 34.2 Å². The fraction of sp³-hybridized carbons (Fsp3) is 0.650. The van der Waals surface area contributed by atoms with Crippen molar-refractivity contribution in [2.75, 3.05) is 18.8 Å². The van der Waals surface area contributed by atoms with Crippen LogP contribution in [-0.2, 0) is 11.3 Å². The van der Waals surface area contributed by atoms with E-state index >= 15 is 0 Å². The first-order valence-electron chi connectivity index (χ1n) is 10.0. The number of carbonyl (C=O) groups excluding carboxylic acids is 1. The zero-order chi connectivity index (χ0) is 18.8. The van der Waals surface area contributed by atoms with Crippen LogP contribution in [0, 0.1) is 5.92 Å². The number of hydrogen-bond acceptors (Lipinski definition) is 4. The van der Waals surface area contributed by atoms with Crippen molar-refractivity contribution < 1.29 is 4.79 Å². The molecule has 2 aliphatic heterocycles. The number of thioether (sulfide) groups is 1. The smallest absolute Gasteiger partial charge is 0.250 e. The predicted molar refractivity (Wildman–Crippen MR) is 113 cm³/mol. The standard InChI is InChI=1S/C20H27N3O2S2/c24-18(21-16-5-2-1-3-6-16)13-27-20(26)22-10-14-9-15(12-22)17-7-4-8-19(25)23(17)11-14/h4,7-8,14-16H,1-3,5-6,9-13H2,(H,21,24)/t14-,15-/m0/s1. The van der Waals surface area contributed by atoms with Gasteiger partial charge in [-0.3, -0.25) is 9.59 Å². The Kier molecular flexibility index (Phi) is 5.88. The van der Waals surface area contributed by atoms with Crippen LogP contribution in [0.2, 0.25) is 0 Å². The van der Waals surface area contributed by atoms with Crippen molar-refractivity contribution in [3.63, 3.8) is 0 Å². The van der Waals surface area contributed by atoms with E-state index in [1.807, 2.05) is 10.6 Å². The number of carbonyl (C=O) groups is 1. The van der Waals surface area contributed by atoms with E-state index in [1.165, 1.54) is 31.0 Å². The molecule has 4 rings (SSSR count). The third-order valence-electron chi connectivity index (χ3n) is 6.03. The topological polar surface area (TPSA) is 54.3 Å². The number of pyridine rings is 1. The van der Waals surface area contributed by atoms with Crippen LogP contribution in [0.4, 0.5) is 0 Å². The lowest BCUT2D eigenvalue weighted by atomic mass is 9.83. The third-order valence-corrected chi connectivity index (χ3v) is 7.56. The average molecular weight is 406 g/mol. The number of amides is 1. The van der Waals surface area contributed by atoms with Crippen LogP contribution in [-0.4, -0.2) is 44.6 Å². The normalized spacial score (nSPS) is 25.0.